The highest BCUT2D eigenvalue weighted by Gasteiger charge is 2.28. The van der Waals surface area contributed by atoms with E-state index >= 15 is 0 Å². The van der Waals surface area contributed by atoms with Crippen molar-refractivity contribution in [3.8, 4) is 0 Å². The van der Waals surface area contributed by atoms with Crippen molar-refractivity contribution in [2.24, 2.45) is 0 Å². The van der Waals surface area contributed by atoms with Gasteiger partial charge in [0, 0.05) is 19.6 Å². The predicted molar refractivity (Wildman–Crippen MR) is 76.6 cm³/mol. The highest BCUT2D eigenvalue weighted by atomic mass is 32.2. The van der Waals surface area contributed by atoms with E-state index < -0.39 is 10.0 Å². The van der Waals surface area contributed by atoms with E-state index in [2.05, 4.69) is 5.32 Å². The van der Waals surface area contributed by atoms with E-state index in [0.717, 1.165) is 30.5 Å². The lowest BCUT2D eigenvalue weighted by atomic mass is 10.1. The Balaban J connectivity index is 2.31. The molecule has 106 valence electrons. The lowest BCUT2D eigenvalue weighted by Crippen LogP contribution is -2.28. The van der Waals surface area contributed by atoms with E-state index in [1.807, 2.05) is 32.0 Å². The summed E-state index contributed by atoms with van der Waals surface area (Å²) in [6.07, 6.45) is 1.94. The van der Waals surface area contributed by atoms with Gasteiger partial charge in [0.25, 0.3) is 0 Å². The molecular weight excluding hydrogens is 260 g/mol. The first kappa shape index (κ1) is 14.5. The van der Waals surface area contributed by atoms with E-state index in [9.17, 15) is 8.42 Å². The summed E-state index contributed by atoms with van der Waals surface area (Å²) in [5.41, 5.74) is 1.84. The standard InChI is InChI=1S/C14H22N2O2S/c1-3-15-11-13-7-6-12(2)14(10-13)19(17,18)16-8-4-5-9-16/h6-7,10,15H,3-5,8-9,11H2,1-2H3. The van der Waals surface area contributed by atoms with E-state index in [4.69, 9.17) is 0 Å². The summed E-state index contributed by atoms with van der Waals surface area (Å²) in [4.78, 5) is 0.463. The minimum absolute atomic E-state index is 0.463. The molecule has 4 nitrogen and oxygen atoms in total. The second-order valence-corrected chi connectivity index (χ2v) is 6.90. The maximum atomic E-state index is 12.6. The number of sulfonamides is 1. The molecule has 0 aliphatic carbocycles. The Hall–Kier alpha value is -0.910. The molecule has 2 rings (SSSR count). The van der Waals surface area contributed by atoms with Crippen molar-refractivity contribution in [1.82, 2.24) is 9.62 Å². The summed E-state index contributed by atoms with van der Waals surface area (Å²) < 4.78 is 26.8. The van der Waals surface area contributed by atoms with Crippen LogP contribution in [0.3, 0.4) is 0 Å². The van der Waals surface area contributed by atoms with Gasteiger partial charge in [-0.3, -0.25) is 0 Å². The van der Waals surface area contributed by atoms with Gasteiger partial charge in [0.2, 0.25) is 10.0 Å². The fourth-order valence-corrected chi connectivity index (χ4v) is 4.16. The molecule has 1 saturated heterocycles. The lowest BCUT2D eigenvalue weighted by molar-refractivity contribution is 0.477. The van der Waals surface area contributed by atoms with Crippen molar-refractivity contribution < 1.29 is 8.42 Å². The summed E-state index contributed by atoms with van der Waals surface area (Å²) in [7, 11) is -3.31. The average Bonchev–Trinajstić information content (AvgIpc) is 2.92. The summed E-state index contributed by atoms with van der Waals surface area (Å²) in [6, 6.07) is 5.70. The van der Waals surface area contributed by atoms with Crippen LogP contribution in [-0.4, -0.2) is 32.4 Å². The van der Waals surface area contributed by atoms with Crippen molar-refractivity contribution in [3.05, 3.63) is 29.3 Å². The fraction of sp³-hybridized carbons (Fsp3) is 0.571. The molecule has 1 N–H and O–H groups in total. The molecule has 0 radical (unpaired) electrons. The fourth-order valence-electron chi connectivity index (χ4n) is 2.37. The minimum Gasteiger partial charge on any atom is -0.313 e. The Morgan fingerprint density at radius 3 is 2.58 bits per heavy atom. The first-order chi connectivity index (χ1) is 9.05. The SMILES string of the molecule is CCNCc1ccc(C)c(S(=O)(=O)N2CCCC2)c1. The van der Waals surface area contributed by atoms with Crippen LogP contribution in [0.4, 0.5) is 0 Å². The molecule has 1 fully saturated rings. The summed E-state index contributed by atoms with van der Waals surface area (Å²) in [5, 5.41) is 3.22. The average molecular weight is 282 g/mol. The number of nitrogens with one attached hydrogen (secondary N) is 1. The number of hydrogen-bond acceptors (Lipinski definition) is 3. The predicted octanol–water partition coefficient (Wildman–Crippen LogP) is 1.89. The molecule has 1 aliphatic heterocycles. The molecule has 0 unspecified atom stereocenters. The van der Waals surface area contributed by atoms with Gasteiger partial charge in [-0.05, 0) is 43.5 Å². The van der Waals surface area contributed by atoms with Crippen molar-refractivity contribution in [2.75, 3.05) is 19.6 Å². The van der Waals surface area contributed by atoms with Crippen LogP contribution in [0.5, 0.6) is 0 Å². The molecule has 0 spiro atoms. The number of benzene rings is 1. The quantitative estimate of drug-likeness (QED) is 0.897. The third-order valence-electron chi connectivity index (χ3n) is 3.51. The largest absolute Gasteiger partial charge is 0.313 e. The highest BCUT2D eigenvalue weighted by Crippen LogP contribution is 2.24. The zero-order chi connectivity index (χ0) is 13.9. The van der Waals surface area contributed by atoms with Gasteiger partial charge in [-0.15, -0.1) is 0 Å². The van der Waals surface area contributed by atoms with Crippen LogP contribution >= 0.6 is 0 Å². The van der Waals surface area contributed by atoms with E-state index in [1.54, 1.807) is 4.31 Å². The first-order valence-corrected chi connectivity index (χ1v) is 8.30. The zero-order valence-electron chi connectivity index (χ0n) is 11.6. The third-order valence-corrected chi connectivity index (χ3v) is 5.56. The Labute approximate surface area is 115 Å². The zero-order valence-corrected chi connectivity index (χ0v) is 12.5. The smallest absolute Gasteiger partial charge is 0.243 e. The molecular formula is C14H22N2O2S. The van der Waals surface area contributed by atoms with Crippen LogP contribution < -0.4 is 5.32 Å². The van der Waals surface area contributed by atoms with Crippen molar-refractivity contribution in [1.29, 1.82) is 0 Å². The molecule has 1 aromatic carbocycles. The molecule has 0 aromatic heterocycles. The van der Waals surface area contributed by atoms with E-state index in [0.29, 0.717) is 24.5 Å². The molecule has 1 aromatic rings. The van der Waals surface area contributed by atoms with Gasteiger partial charge >= 0.3 is 0 Å². The maximum Gasteiger partial charge on any atom is 0.243 e. The van der Waals surface area contributed by atoms with Crippen LogP contribution in [0.1, 0.15) is 30.9 Å². The summed E-state index contributed by atoms with van der Waals surface area (Å²) in [5.74, 6) is 0. The molecule has 0 amide bonds. The number of aryl methyl sites for hydroxylation is 1. The van der Waals surface area contributed by atoms with E-state index in [-0.39, 0.29) is 0 Å². The van der Waals surface area contributed by atoms with Gasteiger partial charge in [-0.25, -0.2) is 8.42 Å². The highest BCUT2D eigenvalue weighted by molar-refractivity contribution is 7.89. The normalized spacial score (nSPS) is 16.9. The van der Waals surface area contributed by atoms with Gasteiger partial charge in [-0.1, -0.05) is 19.1 Å². The summed E-state index contributed by atoms with van der Waals surface area (Å²) >= 11 is 0. The second-order valence-electron chi connectivity index (χ2n) is 4.99. The molecule has 1 aliphatic rings. The number of hydrogen-bond donors (Lipinski definition) is 1. The van der Waals surface area contributed by atoms with Crippen LogP contribution in [0.25, 0.3) is 0 Å². The molecule has 1 heterocycles. The van der Waals surface area contributed by atoms with Crippen LogP contribution in [0.15, 0.2) is 23.1 Å². The van der Waals surface area contributed by atoms with Crippen LogP contribution in [0.2, 0.25) is 0 Å². The number of rotatable bonds is 5. The van der Waals surface area contributed by atoms with E-state index in [1.165, 1.54) is 0 Å². The Morgan fingerprint density at radius 2 is 1.95 bits per heavy atom. The van der Waals surface area contributed by atoms with Gasteiger partial charge in [0.1, 0.15) is 0 Å². The summed E-state index contributed by atoms with van der Waals surface area (Å²) in [6.45, 7) is 6.79. The Kier molecular flexibility index (Phi) is 4.60. The van der Waals surface area contributed by atoms with Crippen LogP contribution in [-0.2, 0) is 16.6 Å². The van der Waals surface area contributed by atoms with Gasteiger partial charge < -0.3 is 5.32 Å². The van der Waals surface area contributed by atoms with Gasteiger partial charge in [0.15, 0.2) is 0 Å². The Bertz CT molecular complexity index is 534. The third kappa shape index (κ3) is 3.16. The molecule has 19 heavy (non-hydrogen) atoms. The monoisotopic (exact) mass is 282 g/mol. The Morgan fingerprint density at radius 1 is 1.26 bits per heavy atom. The lowest BCUT2D eigenvalue weighted by Gasteiger charge is -2.18. The first-order valence-electron chi connectivity index (χ1n) is 6.86. The van der Waals surface area contributed by atoms with Gasteiger partial charge in [-0.2, -0.15) is 4.31 Å². The van der Waals surface area contributed by atoms with Crippen molar-refractivity contribution in [2.45, 2.75) is 38.1 Å². The van der Waals surface area contributed by atoms with Crippen molar-refractivity contribution >= 4 is 10.0 Å². The van der Waals surface area contributed by atoms with Crippen LogP contribution in [0, 0.1) is 6.92 Å². The molecule has 0 atom stereocenters. The molecule has 5 heteroatoms. The van der Waals surface area contributed by atoms with Gasteiger partial charge in [0.05, 0.1) is 4.90 Å². The second kappa shape index (κ2) is 6.03. The minimum atomic E-state index is -3.31. The van der Waals surface area contributed by atoms with Crippen molar-refractivity contribution in [3.63, 3.8) is 0 Å². The molecule has 0 bridgehead atoms. The molecule has 0 saturated carbocycles. The number of nitrogens with zero attached hydrogens (tertiary/aromatic N) is 1. The maximum absolute atomic E-state index is 12.6. The topological polar surface area (TPSA) is 49.4 Å².